The van der Waals surface area contributed by atoms with Crippen molar-refractivity contribution in [1.82, 2.24) is 14.8 Å². The first-order valence-corrected chi connectivity index (χ1v) is 11.0. The van der Waals surface area contributed by atoms with Gasteiger partial charge in [-0.2, -0.15) is 0 Å². The highest BCUT2D eigenvalue weighted by Gasteiger charge is 2.19. The van der Waals surface area contributed by atoms with Gasteiger partial charge in [0.2, 0.25) is 5.91 Å². The first kappa shape index (κ1) is 19.9. The number of halogens is 1. The molecule has 0 spiro atoms. The molecular formula is C23H23ClN4O3. The summed E-state index contributed by atoms with van der Waals surface area (Å²) in [7, 11) is 0. The highest BCUT2D eigenvalue weighted by Crippen LogP contribution is 2.38. The van der Waals surface area contributed by atoms with Crippen LogP contribution in [0, 0.1) is 0 Å². The van der Waals surface area contributed by atoms with Crippen molar-refractivity contribution in [3.63, 3.8) is 0 Å². The molecule has 1 aromatic heterocycles. The summed E-state index contributed by atoms with van der Waals surface area (Å²) in [6.45, 7) is 1.87. The van der Waals surface area contributed by atoms with Crippen molar-refractivity contribution in [2.75, 3.05) is 18.5 Å². The van der Waals surface area contributed by atoms with Crippen molar-refractivity contribution in [2.24, 2.45) is 0 Å². The zero-order chi connectivity index (χ0) is 21.2. The number of nitrogens with zero attached hydrogens (tertiary/aromatic N) is 3. The van der Waals surface area contributed by atoms with E-state index in [0.29, 0.717) is 29.7 Å². The molecule has 0 radical (unpaired) electrons. The summed E-state index contributed by atoms with van der Waals surface area (Å²) in [5.74, 6) is 2.88. The predicted octanol–water partition coefficient (Wildman–Crippen LogP) is 4.28. The second-order valence-electron chi connectivity index (χ2n) is 7.81. The van der Waals surface area contributed by atoms with Gasteiger partial charge >= 0.3 is 0 Å². The monoisotopic (exact) mass is 438 g/mol. The van der Waals surface area contributed by atoms with Crippen molar-refractivity contribution >= 4 is 23.2 Å². The van der Waals surface area contributed by atoms with Gasteiger partial charge in [-0.25, -0.2) is 0 Å². The number of nitrogens with one attached hydrogen (secondary N) is 1. The van der Waals surface area contributed by atoms with Crippen LogP contribution in [0.15, 0.2) is 36.4 Å². The second kappa shape index (κ2) is 8.59. The van der Waals surface area contributed by atoms with Crippen molar-refractivity contribution in [3.8, 4) is 22.9 Å². The fourth-order valence-corrected chi connectivity index (χ4v) is 4.38. The maximum Gasteiger partial charge on any atom is 0.228 e. The van der Waals surface area contributed by atoms with E-state index in [-0.39, 0.29) is 12.3 Å². The smallest absolute Gasteiger partial charge is 0.228 e. The van der Waals surface area contributed by atoms with E-state index in [4.69, 9.17) is 21.1 Å². The summed E-state index contributed by atoms with van der Waals surface area (Å²) in [6, 6.07) is 11.3. The number of carbonyl (C=O) groups excluding carboxylic acids is 1. The molecule has 8 heteroatoms. The van der Waals surface area contributed by atoms with Crippen LogP contribution in [0.4, 0.5) is 5.69 Å². The number of anilines is 1. The minimum Gasteiger partial charge on any atom is -0.486 e. The Labute approximate surface area is 185 Å². The van der Waals surface area contributed by atoms with Gasteiger partial charge in [-0.1, -0.05) is 30.2 Å². The van der Waals surface area contributed by atoms with E-state index >= 15 is 0 Å². The molecule has 5 rings (SSSR count). The third kappa shape index (κ3) is 4.23. The fraction of sp³-hybridized carbons (Fsp3) is 0.348. The molecule has 0 saturated carbocycles. The van der Waals surface area contributed by atoms with Crippen LogP contribution in [0.3, 0.4) is 0 Å². The van der Waals surface area contributed by atoms with Crippen LogP contribution in [0.2, 0.25) is 5.02 Å². The van der Waals surface area contributed by atoms with Gasteiger partial charge in [0.15, 0.2) is 17.3 Å². The summed E-state index contributed by atoms with van der Waals surface area (Å²) in [4.78, 5) is 12.7. The largest absolute Gasteiger partial charge is 0.486 e. The van der Waals surface area contributed by atoms with E-state index in [0.717, 1.165) is 54.3 Å². The van der Waals surface area contributed by atoms with E-state index in [2.05, 4.69) is 20.1 Å². The van der Waals surface area contributed by atoms with Gasteiger partial charge in [0.05, 0.1) is 11.4 Å². The zero-order valence-electron chi connectivity index (χ0n) is 17.1. The minimum atomic E-state index is -0.134. The summed E-state index contributed by atoms with van der Waals surface area (Å²) in [5.41, 5.74) is 2.43. The third-order valence-electron chi connectivity index (χ3n) is 5.54. The summed E-state index contributed by atoms with van der Waals surface area (Å²) >= 11 is 6.29. The van der Waals surface area contributed by atoms with Crippen LogP contribution >= 0.6 is 11.6 Å². The van der Waals surface area contributed by atoms with Gasteiger partial charge in [0.1, 0.15) is 19.0 Å². The molecule has 7 nitrogen and oxygen atoms in total. The Balaban J connectivity index is 1.32. The molecule has 3 aromatic rings. The maximum absolute atomic E-state index is 12.7. The highest BCUT2D eigenvalue weighted by molar-refractivity contribution is 6.32. The standard InChI is InChI=1S/C23H23ClN4O3/c24-18-11-15(12-19-22(18)31-10-9-30-19)13-21(29)25-17-6-4-5-16(14-17)23-27-26-20-7-2-1-3-8-28(20)23/h4-6,11-12,14H,1-3,7-10,13H2,(H,25,29). The third-order valence-corrected chi connectivity index (χ3v) is 5.82. The number of rotatable bonds is 4. The zero-order valence-corrected chi connectivity index (χ0v) is 17.8. The summed E-state index contributed by atoms with van der Waals surface area (Å²) in [6.07, 6.45) is 4.63. The molecule has 3 heterocycles. The summed E-state index contributed by atoms with van der Waals surface area (Å²) < 4.78 is 13.3. The molecule has 0 aliphatic carbocycles. The van der Waals surface area contributed by atoms with Gasteiger partial charge in [0, 0.05) is 24.2 Å². The molecule has 1 amide bonds. The van der Waals surface area contributed by atoms with Crippen molar-refractivity contribution in [3.05, 3.63) is 52.8 Å². The SMILES string of the molecule is O=C(Cc1cc(Cl)c2c(c1)OCCO2)Nc1cccc(-c2nnc3n2CCCCC3)c1. The Morgan fingerprint density at radius 1 is 1.10 bits per heavy atom. The Bertz CT molecular complexity index is 1130. The Hall–Kier alpha value is -3.06. The van der Waals surface area contributed by atoms with Crippen LogP contribution in [0.1, 0.15) is 30.7 Å². The minimum absolute atomic E-state index is 0.134. The second-order valence-corrected chi connectivity index (χ2v) is 8.22. The number of amides is 1. The molecule has 2 aliphatic rings. The lowest BCUT2D eigenvalue weighted by Crippen LogP contribution is -2.17. The van der Waals surface area contributed by atoms with E-state index in [9.17, 15) is 4.79 Å². The first-order valence-electron chi connectivity index (χ1n) is 10.6. The number of aromatic nitrogens is 3. The molecule has 1 N–H and O–H groups in total. The Morgan fingerprint density at radius 2 is 2.00 bits per heavy atom. The molecule has 2 aliphatic heterocycles. The van der Waals surface area contributed by atoms with Gasteiger partial charge < -0.3 is 19.4 Å². The lowest BCUT2D eigenvalue weighted by molar-refractivity contribution is -0.115. The first-order chi connectivity index (χ1) is 15.2. The molecule has 31 heavy (non-hydrogen) atoms. The average molecular weight is 439 g/mol. The number of ether oxygens (including phenoxy) is 2. The van der Waals surface area contributed by atoms with Gasteiger partial charge in [0.25, 0.3) is 0 Å². The molecule has 160 valence electrons. The fourth-order valence-electron chi connectivity index (χ4n) is 4.09. The van der Waals surface area contributed by atoms with Gasteiger partial charge in [-0.05, 0) is 42.7 Å². The molecular weight excluding hydrogens is 416 g/mol. The van der Waals surface area contributed by atoms with E-state index in [1.165, 1.54) is 6.42 Å². The topological polar surface area (TPSA) is 78.3 Å². The van der Waals surface area contributed by atoms with Gasteiger partial charge in [-0.3, -0.25) is 4.79 Å². The number of carbonyl (C=O) groups is 1. The number of aryl methyl sites for hydroxylation is 1. The van der Waals surface area contributed by atoms with Crippen molar-refractivity contribution < 1.29 is 14.3 Å². The van der Waals surface area contributed by atoms with Crippen LogP contribution in [0.25, 0.3) is 11.4 Å². The normalized spacial score (nSPS) is 15.1. The number of benzene rings is 2. The Kier molecular flexibility index (Phi) is 5.51. The highest BCUT2D eigenvalue weighted by atomic mass is 35.5. The maximum atomic E-state index is 12.7. The van der Waals surface area contributed by atoms with Crippen molar-refractivity contribution in [1.29, 1.82) is 0 Å². The number of fused-ring (bicyclic) bond motifs is 2. The van der Waals surface area contributed by atoms with Crippen LogP contribution in [-0.2, 0) is 24.2 Å². The van der Waals surface area contributed by atoms with Crippen LogP contribution in [0.5, 0.6) is 11.5 Å². The van der Waals surface area contributed by atoms with Crippen LogP contribution in [-0.4, -0.2) is 33.9 Å². The van der Waals surface area contributed by atoms with E-state index < -0.39 is 0 Å². The number of hydrogen-bond acceptors (Lipinski definition) is 5. The molecule has 0 atom stereocenters. The van der Waals surface area contributed by atoms with Crippen molar-refractivity contribution in [2.45, 2.75) is 38.6 Å². The average Bonchev–Trinajstić information content (AvgIpc) is 3.02. The summed E-state index contributed by atoms with van der Waals surface area (Å²) in [5, 5.41) is 12.2. The molecule has 0 fully saturated rings. The van der Waals surface area contributed by atoms with Gasteiger partial charge in [-0.15, -0.1) is 10.2 Å². The quantitative estimate of drug-likeness (QED) is 0.657. The van der Waals surface area contributed by atoms with E-state index in [1.54, 1.807) is 6.07 Å². The Morgan fingerprint density at radius 3 is 2.94 bits per heavy atom. The van der Waals surface area contributed by atoms with Crippen LogP contribution < -0.4 is 14.8 Å². The molecule has 0 bridgehead atoms. The van der Waals surface area contributed by atoms with E-state index in [1.807, 2.05) is 30.3 Å². The lowest BCUT2D eigenvalue weighted by Gasteiger charge is -2.20. The number of hydrogen-bond donors (Lipinski definition) is 1. The predicted molar refractivity (Wildman–Crippen MR) is 118 cm³/mol. The lowest BCUT2D eigenvalue weighted by atomic mass is 10.1. The molecule has 0 saturated heterocycles. The molecule has 2 aromatic carbocycles. The molecule has 0 unspecified atom stereocenters.